The lowest BCUT2D eigenvalue weighted by molar-refractivity contribution is -0.140. The molecule has 6 nitrogen and oxygen atoms in total. The topological polar surface area (TPSA) is 76.1 Å². The van der Waals surface area contributed by atoms with Crippen molar-refractivity contribution in [2.75, 3.05) is 13.8 Å². The lowest BCUT2D eigenvalue weighted by Crippen LogP contribution is -2.42. The van der Waals surface area contributed by atoms with Crippen LogP contribution in [0.4, 0.5) is 0 Å². The van der Waals surface area contributed by atoms with Gasteiger partial charge in [-0.1, -0.05) is 24.3 Å². The highest BCUT2D eigenvalue weighted by molar-refractivity contribution is 6.00. The number of nitrogens with zero attached hydrogens (tertiary/aromatic N) is 1. The van der Waals surface area contributed by atoms with Crippen LogP contribution in [0.5, 0.6) is 11.5 Å². The molecule has 2 aliphatic heterocycles. The molecule has 0 aromatic heterocycles. The van der Waals surface area contributed by atoms with Crippen molar-refractivity contribution in [3.05, 3.63) is 59.2 Å². The van der Waals surface area contributed by atoms with Gasteiger partial charge in [0.25, 0.3) is 5.91 Å². The zero-order chi connectivity index (χ0) is 16.8. The first-order valence-corrected chi connectivity index (χ1v) is 7.56. The molecular weight excluding hydrogens is 310 g/mol. The molecule has 0 bridgehead atoms. The average Bonchev–Trinajstić information content (AvgIpc) is 3.05. The van der Waals surface area contributed by atoms with Gasteiger partial charge in [-0.25, -0.2) is 0 Å². The maximum absolute atomic E-state index is 12.7. The lowest BCUT2D eigenvalue weighted by Gasteiger charge is -2.38. The van der Waals surface area contributed by atoms with E-state index in [9.17, 15) is 14.7 Å². The van der Waals surface area contributed by atoms with E-state index in [0.717, 1.165) is 0 Å². The first-order chi connectivity index (χ1) is 11.6. The van der Waals surface area contributed by atoms with Crippen LogP contribution in [-0.4, -0.2) is 35.7 Å². The summed E-state index contributed by atoms with van der Waals surface area (Å²) in [5.41, 5.74) is 1.68. The fourth-order valence-corrected chi connectivity index (χ4v) is 3.45. The molecule has 0 saturated heterocycles. The van der Waals surface area contributed by atoms with Gasteiger partial charge in [0.05, 0.1) is 6.04 Å². The number of amides is 1. The van der Waals surface area contributed by atoms with Gasteiger partial charge in [-0.2, -0.15) is 0 Å². The molecule has 6 heteroatoms. The number of carbonyl (C=O) groups excluding carboxylic acids is 1. The van der Waals surface area contributed by atoms with Crippen LogP contribution in [0.2, 0.25) is 0 Å². The molecule has 0 aliphatic carbocycles. The van der Waals surface area contributed by atoms with Crippen LogP contribution in [0.25, 0.3) is 0 Å². The first kappa shape index (κ1) is 14.6. The van der Waals surface area contributed by atoms with Crippen molar-refractivity contribution in [1.82, 2.24) is 4.90 Å². The van der Waals surface area contributed by atoms with Crippen LogP contribution in [-0.2, 0) is 4.79 Å². The quantitative estimate of drug-likeness (QED) is 0.917. The normalized spacial score (nSPS) is 21.5. The molecule has 24 heavy (non-hydrogen) atoms. The Labute approximate surface area is 138 Å². The minimum Gasteiger partial charge on any atom is -0.481 e. The molecule has 0 unspecified atom stereocenters. The molecule has 2 aromatic rings. The van der Waals surface area contributed by atoms with Crippen molar-refractivity contribution < 1.29 is 24.2 Å². The van der Waals surface area contributed by atoms with Crippen molar-refractivity contribution in [2.45, 2.75) is 12.0 Å². The van der Waals surface area contributed by atoms with Crippen LogP contribution < -0.4 is 9.47 Å². The molecule has 1 amide bonds. The summed E-state index contributed by atoms with van der Waals surface area (Å²) in [6, 6.07) is 11.5. The number of carboxylic acids is 1. The molecule has 4 rings (SSSR count). The number of hydrogen-bond acceptors (Lipinski definition) is 4. The van der Waals surface area contributed by atoms with E-state index in [0.29, 0.717) is 28.2 Å². The third kappa shape index (κ3) is 2.03. The summed E-state index contributed by atoms with van der Waals surface area (Å²) in [4.78, 5) is 26.2. The first-order valence-electron chi connectivity index (χ1n) is 7.56. The number of benzene rings is 2. The van der Waals surface area contributed by atoms with E-state index in [1.54, 1.807) is 49.5 Å². The molecule has 2 aliphatic rings. The van der Waals surface area contributed by atoms with Gasteiger partial charge in [0.15, 0.2) is 11.5 Å². The summed E-state index contributed by atoms with van der Waals surface area (Å²) in [5.74, 6) is -0.813. The molecule has 0 spiro atoms. The largest absolute Gasteiger partial charge is 0.481 e. The second-order valence-electron chi connectivity index (χ2n) is 5.88. The molecule has 0 fully saturated rings. The van der Waals surface area contributed by atoms with E-state index in [-0.39, 0.29) is 12.7 Å². The molecular formula is C18H15NO5. The Balaban J connectivity index is 1.87. The van der Waals surface area contributed by atoms with Gasteiger partial charge in [-0.15, -0.1) is 0 Å². The molecule has 2 aromatic carbocycles. The molecule has 1 N–H and O–H groups in total. The van der Waals surface area contributed by atoms with E-state index in [1.807, 2.05) is 0 Å². The van der Waals surface area contributed by atoms with Crippen molar-refractivity contribution in [3.8, 4) is 11.5 Å². The molecule has 2 atom stereocenters. The number of ether oxygens (including phenoxy) is 2. The van der Waals surface area contributed by atoms with E-state index in [4.69, 9.17) is 9.47 Å². The molecule has 2 heterocycles. The third-order valence-electron chi connectivity index (χ3n) is 4.58. The highest BCUT2D eigenvalue weighted by Crippen LogP contribution is 2.44. The molecule has 122 valence electrons. The maximum atomic E-state index is 12.7. The molecule has 0 radical (unpaired) electrons. The number of carbonyl (C=O) groups is 2. The van der Waals surface area contributed by atoms with Crippen LogP contribution in [0.3, 0.4) is 0 Å². The van der Waals surface area contributed by atoms with Gasteiger partial charge in [-0.05, 0) is 29.3 Å². The Bertz CT molecular complexity index is 847. The minimum atomic E-state index is -0.968. The van der Waals surface area contributed by atoms with Crippen LogP contribution >= 0.6 is 0 Å². The monoisotopic (exact) mass is 325 g/mol. The standard InChI is InChI=1S/C18H15NO5/c1-19-16(10-6-7-13-14(8-10)24-9-23-13)15(18(21)22)11-4-2-3-5-12(11)17(19)20/h2-8,15-16H,9H2,1H3,(H,21,22)/t15-,16-/m1/s1. The zero-order valence-corrected chi connectivity index (χ0v) is 12.9. The SMILES string of the molecule is CN1C(=O)c2ccccc2[C@@H](C(=O)O)[C@H]1c1ccc2c(c1)OCO2. The average molecular weight is 325 g/mol. The van der Waals surface area contributed by atoms with Crippen LogP contribution in [0, 0.1) is 0 Å². The predicted octanol–water partition coefficient (Wildman–Crippen LogP) is 2.41. The summed E-state index contributed by atoms with van der Waals surface area (Å²) in [6.45, 7) is 0.142. The maximum Gasteiger partial charge on any atom is 0.313 e. The van der Waals surface area contributed by atoms with Crippen LogP contribution in [0.15, 0.2) is 42.5 Å². The number of likely N-dealkylation sites (N-methyl/N-ethyl adjacent to an activating group) is 1. The zero-order valence-electron chi connectivity index (χ0n) is 12.9. The van der Waals surface area contributed by atoms with Crippen LogP contribution in [0.1, 0.15) is 33.4 Å². The van der Waals surface area contributed by atoms with Crippen molar-refractivity contribution in [1.29, 1.82) is 0 Å². The summed E-state index contributed by atoms with van der Waals surface area (Å²) >= 11 is 0. The lowest BCUT2D eigenvalue weighted by atomic mass is 9.80. The Morgan fingerprint density at radius 1 is 1.17 bits per heavy atom. The fraction of sp³-hybridized carbons (Fsp3) is 0.222. The van der Waals surface area contributed by atoms with E-state index in [2.05, 4.69) is 0 Å². The second-order valence-corrected chi connectivity index (χ2v) is 5.88. The number of hydrogen-bond donors (Lipinski definition) is 1. The number of carboxylic acid groups (broad SMARTS) is 1. The van der Waals surface area contributed by atoms with Gasteiger partial charge in [0.2, 0.25) is 6.79 Å². The Morgan fingerprint density at radius 2 is 1.92 bits per heavy atom. The summed E-state index contributed by atoms with van der Waals surface area (Å²) < 4.78 is 10.7. The van der Waals surface area contributed by atoms with Crippen molar-refractivity contribution in [2.24, 2.45) is 0 Å². The highest BCUT2D eigenvalue weighted by atomic mass is 16.7. The Morgan fingerprint density at radius 3 is 2.71 bits per heavy atom. The highest BCUT2D eigenvalue weighted by Gasteiger charge is 2.43. The Kier molecular flexibility index (Phi) is 3.19. The van der Waals surface area contributed by atoms with E-state index in [1.165, 1.54) is 4.90 Å². The van der Waals surface area contributed by atoms with Gasteiger partial charge in [-0.3, -0.25) is 9.59 Å². The second kappa shape index (κ2) is 5.26. The van der Waals surface area contributed by atoms with Crippen molar-refractivity contribution in [3.63, 3.8) is 0 Å². The fourth-order valence-electron chi connectivity index (χ4n) is 3.45. The summed E-state index contributed by atoms with van der Waals surface area (Å²) in [5, 5.41) is 9.82. The third-order valence-corrected chi connectivity index (χ3v) is 4.58. The van der Waals surface area contributed by atoms with Gasteiger partial charge in [0, 0.05) is 12.6 Å². The van der Waals surface area contributed by atoms with Gasteiger partial charge >= 0.3 is 5.97 Å². The molecule has 0 saturated carbocycles. The van der Waals surface area contributed by atoms with E-state index >= 15 is 0 Å². The smallest absolute Gasteiger partial charge is 0.313 e. The summed E-state index contributed by atoms with van der Waals surface area (Å²) in [7, 11) is 1.63. The summed E-state index contributed by atoms with van der Waals surface area (Å²) in [6.07, 6.45) is 0. The number of aliphatic carboxylic acids is 1. The number of fused-ring (bicyclic) bond motifs is 2. The van der Waals surface area contributed by atoms with Crippen molar-refractivity contribution >= 4 is 11.9 Å². The minimum absolute atomic E-state index is 0.142. The number of rotatable bonds is 2. The van der Waals surface area contributed by atoms with Gasteiger partial charge < -0.3 is 19.5 Å². The Hall–Kier alpha value is -3.02. The predicted molar refractivity (Wildman–Crippen MR) is 84.2 cm³/mol. The van der Waals surface area contributed by atoms with E-state index < -0.39 is 17.9 Å². The van der Waals surface area contributed by atoms with Gasteiger partial charge in [0.1, 0.15) is 5.92 Å².